The zero-order valence-corrected chi connectivity index (χ0v) is 24.1. The molecule has 0 aliphatic carbocycles. The van der Waals surface area contributed by atoms with E-state index in [1.807, 2.05) is 36.4 Å². The van der Waals surface area contributed by atoms with E-state index in [-0.39, 0.29) is 11.8 Å². The molecule has 0 aromatic heterocycles. The molecule has 0 spiro atoms. The largest absolute Gasteiger partial charge is 0.447 e. The molecular formula is C32H33FN6O4. The van der Waals surface area contributed by atoms with Gasteiger partial charge in [-0.25, -0.2) is 9.18 Å². The highest BCUT2D eigenvalue weighted by Gasteiger charge is 2.30. The Morgan fingerprint density at radius 2 is 1.70 bits per heavy atom. The molecule has 3 aromatic rings. The lowest BCUT2D eigenvalue weighted by molar-refractivity contribution is -0.119. The predicted octanol–water partition coefficient (Wildman–Crippen LogP) is 3.93. The van der Waals surface area contributed by atoms with Crippen LogP contribution in [0.15, 0.2) is 66.7 Å². The second-order valence-electron chi connectivity index (χ2n) is 10.9. The van der Waals surface area contributed by atoms with Gasteiger partial charge in [0.05, 0.1) is 30.0 Å². The van der Waals surface area contributed by atoms with Crippen LogP contribution in [0.4, 0.5) is 31.9 Å². The van der Waals surface area contributed by atoms with Gasteiger partial charge in [0, 0.05) is 55.9 Å². The maximum atomic E-state index is 14.0. The SMILES string of the molecule is CN1CCN(CC(=O)N(C)c2ccc(NC(=C3C(=O)Nc4cc(F)ccc43)c3ccc(N4CCOC4=O)cc3)cc2)CC1. The number of likely N-dealkylation sites (N-methyl/N-ethyl adjacent to an activating group) is 2. The maximum absolute atomic E-state index is 14.0. The molecule has 3 aliphatic rings. The summed E-state index contributed by atoms with van der Waals surface area (Å²) in [4.78, 5) is 45.9. The minimum Gasteiger partial charge on any atom is -0.447 e. The summed E-state index contributed by atoms with van der Waals surface area (Å²) in [5.74, 6) is -0.791. The molecule has 6 rings (SSSR count). The summed E-state index contributed by atoms with van der Waals surface area (Å²) in [6.07, 6.45) is -0.400. The minimum atomic E-state index is -0.446. The van der Waals surface area contributed by atoms with E-state index in [4.69, 9.17) is 4.74 Å². The fraction of sp³-hybridized carbons (Fsp3) is 0.281. The third-order valence-electron chi connectivity index (χ3n) is 8.06. The molecule has 2 saturated heterocycles. The molecule has 2 fully saturated rings. The highest BCUT2D eigenvalue weighted by Crippen LogP contribution is 2.38. The molecule has 0 saturated carbocycles. The van der Waals surface area contributed by atoms with E-state index in [2.05, 4.69) is 27.5 Å². The van der Waals surface area contributed by atoms with E-state index in [0.29, 0.717) is 59.2 Å². The van der Waals surface area contributed by atoms with Crippen molar-refractivity contribution in [3.05, 3.63) is 83.7 Å². The molecule has 11 heteroatoms. The van der Waals surface area contributed by atoms with Gasteiger partial charge in [-0.2, -0.15) is 0 Å². The maximum Gasteiger partial charge on any atom is 0.414 e. The van der Waals surface area contributed by atoms with Gasteiger partial charge < -0.3 is 25.2 Å². The lowest BCUT2D eigenvalue weighted by Crippen LogP contribution is -2.48. The van der Waals surface area contributed by atoms with Crippen LogP contribution in [0.25, 0.3) is 11.3 Å². The summed E-state index contributed by atoms with van der Waals surface area (Å²) in [5, 5.41) is 6.15. The second-order valence-corrected chi connectivity index (χ2v) is 10.9. The van der Waals surface area contributed by atoms with Crippen LogP contribution in [0.3, 0.4) is 0 Å². The standard InChI is InChI=1S/C32H33FN6O4/c1-36-13-15-38(16-14-36)20-28(40)37(2)24-10-6-23(7-11-24)34-30(29-26-12-5-22(33)19-27(26)35-31(29)41)21-3-8-25(9-4-21)39-17-18-43-32(39)42/h3-12,19,34H,13-18,20H2,1-2H3,(H,35,41). The first kappa shape index (κ1) is 28.4. The number of anilines is 4. The number of nitrogens with one attached hydrogen (secondary N) is 2. The molecule has 0 radical (unpaired) electrons. The summed E-state index contributed by atoms with van der Waals surface area (Å²) >= 11 is 0. The zero-order chi connectivity index (χ0) is 30.1. The van der Waals surface area contributed by atoms with Crippen LogP contribution < -0.4 is 20.4 Å². The van der Waals surface area contributed by atoms with Gasteiger partial charge in [-0.3, -0.25) is 19.4 Å². The van der Waals surface area contributed by atoms with Gasteiger partial charge in [-0.15, -0.1) is 0 Å². The fourth-order valence-corrected chi connectivity index (χ4v) is 5.47. The van der Waals surface area contributed by atoms with Crippen molar-refractivity contribution in [2.45, 2.75) is 0 Å². The van der Waals surface area contributed by atoms with Crippen molar-refractivity contribution < 1.29 is 23.5 Å². The van der Waals surface area contributed by atoms with Crippen molar-refractivity contribution in [3.63, 3.8) is 0 Å². The Balaban J connectivity index is 1.27. The van der Waals surface area contributed by atoms with Crippen molar-refractivity contribution in [1.82, 2.24) is 9.80 Å². The third kappa shape index (κ3) is 5.95. The van der Waals surface area contributed by atoms with Crippen LogP contribution in [0.2, 0.25) is 0 Å². The molecule has 0 unspecified atom stereocenters. The Labute approximate surface area is 249 Å². The van der Waals surface area contributed by atoms with Crippen molar-refractivity contribution >= 4 is 51.9 Å². The van der Waals surface area contributed by atoms with E-state index >= 15 is 0 Å². The van der Waals surface area contributed by atoms with Crippen LogP contribution >= 0.6 is 0 Å². The number of amides is 3. The molecular weight excluding hydrogens is 551 g/mol. The lowest BCUT2D eigenvalue weighted by Gasteiger charge is -2.32. The van der Waals surface area contributed by atoms with Crippen LogP contribution in [-0.4, -0.2) is 87.7 Å². The first-order chi connectivity index (χ1) is 20.8. The molecule has 43 heavy (non-hydrogen) atoms. The summed E-state index contributed by atoms with van der Waals surface area (Å²) in [7, 11) is 3.85. The number of benzene rings is 3. The minimum absolute atomic E-state index is 0.0153. The highest BCUT2D eigenvalue weighted by atomic mass is 19.1. The number of fused-ring (bicyclic) bond motifs is 1. The van der Waals surface area contributed by atoms with Crippen LogP contribution in [0.1, 0.15) is 11.1 Å². The van der Waals surface area contributed by atoms with Crippen molar-refractivity contribution in [3.8, 4) is 0 Å². The molecule has 2 N–H and O–H groups in total. The first-order valence-electron chi connectivity index (χ1n) is 14.2. The number of ether oxygens (including phenoxy) is 1. The Morgan fingerprint density at radius 1 is 0.977 bits per heavy atom. The summed E-state index contributed by atoms with van der Waals surface area (Å²) in [6, 6.07) is 18.8. The second kappa shape index (κ2) is 11.9. The number of rotatable bonds is 7. The van der Waals surface area contributed by atoms with Crippen molar-refractivity contribution in [2.75, 3.05) is 80.4 Å². The number of halogens is 1. The van der Waals surface area contributed by atoms with Gasteiger partial charge in [0.1, 0.15) is 12.4 Å². The number of cyclic esters (lactones) is 1. The number of hydrogen-bond acceptors (Lipinski definition) is 7. The van der Waals surface area contributed by atoms with E-state index in [1.54, 1.807) is 35.0 Å². The molecule has 222 valence electrons. The Morgan fingerprint density at radius 3 is 2.37 bits per heavy atom. The van der Waals surface area contributed by atoms with Gasteiger partial charge in [-0.1, -0.05) is 12.1 Å². The van der Waals surface area contributed by atoms with Crippen molar-refractivity contribution in [1.29, 1.82) is 0 Å². The monoisotopic (exact) mass is 584 g/mol. The third-order valence-corrected chi connectivity index (χ3v) is 8.06. The average Bonchev–Trinajstić information content (AvgIpc) is 3.58. The van der Waals surface area contributed by atoms with Crippen LogP contribution in [0, 0.1) is 5.82 Å². The zero-order valence-electron chi connectivity index (χ0n) is 24.1. The van der Waals surface area contributed by atoms with E-state index in [0.717, 1.165) is 31.9 Å². The molecule has 3 heterocycles. The number of nitrogens with zero attached hydrogens (tertiary/aromatic N) is 4. The van der Waals surface area contributed by atoms with Gasteiger partial charge in [0.25, 0.3) is 5.91 Å². The first-order valence-corrected chi connectivity index (χ1v) is 14.2. The topological polar surface area (TPSA) is 97.5 Å². The average molecular weight is 585 g/mol. The summed E-state index contributed by atoms with van der Waals surface area (Å²) in [5.41, 5.74) is 4.68. The Bertz CT molecular complexity index is 1580. The number of carbonyl (C=O) groups is 3. The quantitative estimate of drug-likeness (QED) is 0.407. The highest BCUT2D eigenvalue weighted by molar-refractivity contribution is 6.37. The Hall–Kier alpha value is -4.74. The lowest BCUT2D eigenvalue weighted by atomic mass is 9.99. The van der Waals surface area contributed by atoms with Crippen molar-refractivity contribution in [2.24, 2.45) is 0 Å². The molecule has 10 nitrogen and oxygen atoms in total. The normalized spacial score (nSPS) is 18.3. The number of hydrogen-bond donors (Lipinski definition) is 2. The van der Waals surface area contributed by atoms with Gasteiger partial charge in [0.15, 0.2) is 0 Å². The smallest absolute Gasteiger partial charge is 0.414 e. The van der Waals surface area contributed by atoms with E-state index in [1.165, 1.54) is 12.1 Å². The van der Waals surface area contributed by atoms with Gasteiger partial charge in [-0.05, 0) is 67.2 Å². The number of carbonyl (C=O) groups excluding carboxylic acids is 3. The summed E-state index contributed by atoms with van der Waals surface area (Å²) in [6.45, 7) is 4.77. The van der Waals surface area contributed by atoms with E-state index in [9.17, 15) is 18.8 Å². The van der Waals surface area contributed by atoms with Crippen LogP contribution in [-0.2, 0) is 14.3 Å². The van der Waals surface area contributed by atoms with Gasteiger partial charge in [0.2, 0.25) is 5.91 Å². The molecule has 0 bridgehead atoms. The number of piperazine rings is 1. The van der Waals surface area contributed by atoms with Crippen LogP contribution in [0.5, 0.6) is 0 Å². The molecule has 0 atom stereocenters. The Kier molecular flexibility index (Phi) is 7.83. The predicted molar refractivity (Wildman–Crippen MR) is 164 cm³/mol. The van der Waals surface area contributed by atoms with E-state index < -0.39 is 11.9 Å². The molecule has 3 aromatic carbocycles. The molecule has 3 aliphatic heterocycles. The molecule has 3 amide bonds. The van der Waals surface area contributed by atoms with Gasteiger partial charge >= 0.3 is 6.09 Å². The fourth-order valence-electron chi connectivity index (χ4n) is 5.47. The summed E-state index contributed by atoms with van der Waals surface area (Å²) < 4.78 is 19.0.